The fourth-order valence-corrected chi connectivity index (χ4v) is 1.68. The summed E-state index contributed by atoms with van der Waals surface area (Å²) in [6.07, 6.45) is 1.88. The van der Waals surface area contributed by atoms with E-state index in [1.165, 1.54) is 0 Å². The van der Waals surface area contributed by atoms with Crippen LogP contribution in [-0.2, 0) is 0 Å². The molecule has 0 bridgehead atoms. The molecule has 0 atom stereocenters. The number of carbonyl (C=O) groups excluding carboxylic acids is 1. The number of carbonyl (C=O) groups is 1. The molecule has 0 saturated heterocycles. The van der Waals surface area contributed by atoms with Gasteiger partial charge in [-0.15, -0.1) is 0 Å². The fourth-order valence-electron chi connectivity index (χ4n) is 1.55. The zero-order valence-electron chi connectivity index (χ0n) is 10.2. The van der Waals surface area contributed by atoms with E-state index in [9.17, 15) is 4.79 Å². The van der Waals surface area contributed by atoms with Gasteiger partial charge in [-0.05, 0) is 25.0 Å². The number of thiocarbonyl (C=S) groups is 1. The molecule has 0 aromatic heterocycles. The molecule has 0 unspecified atom stereocenters. The number of hydrogen-bond donors (Lipinski definition) is 2. The highest BCUT2D eigenvalue weighted by atomic mass is 32.1. The summed E-state index contributed by atoms with van der Waals surface area (Å²) in [6.45, 7) is 4.12. The van der Waals surface area contributed by atoms with Crippen LogP contribution in [0.1, 0.15) is 42.6 Å². The minimum absolute atomic E-state index is 0.0480. The predicted octanol–water partition coefficient (Wildman–Crippen LogP) is 2.24. The summed E-state index contributed by atoms with van der Waals surface area (Å²) in [4.78, 5) is 12.2. The van der Waals surface area contributed by atoms with Crippen LogP contribution in [0.15, 0.2) is 24.3 Å². The van der Waals surface area contributed by atoms with Gasteiger partial charge in [0.15, 0.2) is 0 Å². The summed E-state index contributed by atoms with van der Waals surface area (Å²) in [6, 6.07) is 7.25. The fraction of sp³-hybridized carbons (Fsp3) is 0.385. The molecule has 4 heteroatoms. The molecule has 3 nitrogen and oxygen atoms in total. The Labute approximate surface area is 107 Å². The molecule has 1 aromatic carbocycles. The summed E-state index contributed by atoms with van der Waals surface area (Å²) in [7, 11) is 0. The molecular formula is C13H18N2OS. The van der Waals surface area contributed by atoms with Crippen LogP contribution in [0.3, 0.4) is 0 Å². The average molecular weight is 250 g/mol. The molecule has 1 amide bonds. The highest BCUT2D eigenvalue weighted by molar-refractivity contribution is 7.80. The molecule has 1 rings (SSSR count). The molecule has 0 aliphatic rings. The average Bonchev–Trinajstić information content (AvgIpc) is 2.35. The molecule has 17 heavy (non-hydrogen) atoms. The Morgan fingerprint density at radius 1 is 1.24 bits per heavy atom. The van der Waals surface area contributed by atoms with Crippen LogP contribution >= 0.6 is 12.2 Å². The topological polar surface area (TPSA) is 55.1 Å². The van der Waals surface area contributed by atoms with Crippen LogP contribution in [0.2, 0.25) is 0 Å². The molecule has 0 radical (unpaired) electrons. The first-order chi connectivity index (χ1) is 8.08. The van der Waals surface area contributed by atoms with Crippen LogP contribution in [0.5, 0.6) is 0 Å². The number of rotatable bonds is 5. The second kappa shape index (κ2) is 6.35. The van der Waals surface area contributed by atoms with Crippen LogP contribution in [0, 0.1) is 0 Å². The molecule has 3 N–H and O–H groups in total. The van der Waals surface area contributed by atoms with Gasteiger partial charge >= 0.3 is 0 Å². The molecule has 0 fully saturated rings. The van der Waals surface area contributed by atoms with Crippen LogP contribution in [-0.4, -0.2) is 16.9 Å². The maximum Gasteiger partial charge on any atom is 0.251 e. The minimum atomic E-state index is -0.0480. The van der Waals surface area contributed by atoms with E-state index in [2.05, 4.69) is 19.2 Å². The van der Waals surface area contributed by atoms with Crippen molar-refractivity contribution in [1.82, 2.24) is 5.32 Å². The van der Waals surface area contributed by atoms with E-state index in [0.29, 0.717) is 10.6 Å². The van der Waals surface area contributed by atoms with Crippen molar-refractivity contribution in [2.24, 2.45) is 5.73 Å². The van der Waals surface area contributed by atoms with Crippen molar-refractivity contribution in [2.45, 2.75) is 32.7 Å². The monoisotopic (exact) mass is 250 g/mol. The van der Waals surface area contributed by atoms with Gasteiger partial charge in [-0.25, -0.2) is 0 Å². The first kappa shape index (κ1) is 13.6. The molecule has 0 spiro atoms. The Kier molecular flexibility index (Phi) is 5.10. The van der Waals surface area contributed by atoms with E-state index in [0.717, 1.165) is 18.4 Å². The Morgan fingerprint density at radius 3 is 2.12 bits per heavy atom. The number of nitrogens with two attached hydrogens (primary N) is 1. The van der Waals surface area contributed by atoms with Crippen molar-refractivity contribution in [3.05, 3.63) is 35.4 Å². The second-order valence-corrected chi connectivity index (χ2v) is 4.37. The third-order valence-electron chi connectivity index (χ3n) is 2.75. The normalized spacial score (nSPS) is 10.3. The Hall–Kier alpha value is -1.42. The van der Waals surface area contributed by atoms with Crippen molar-refractivity contribution in [3.8, 4) is 0 Å². The van der Waals surface area contributed by atoms with Gasteiger partial charge in [0.05, 0.1) is 0 Å². The van der Waals surface area contributed by atoms with Gasteiger partial charge < -0.3 is 11.1 Å². The van der Waals surface area contributed by atoms with E-state index < -0.39 is 0 Å². The van der Waals surface area contributed by atoms with Crippen LogP contribution < -0.4 is 11.1 Å². The first-order valence-electron chi connectivity index (χ1n) is 5.79. The summed E-state index contributed by atoms with van der Waals surface area (Å²) >= 11 is 4.86. The molecule has 0 aliphatic carbocycles. The lowest BCUT2D eigenvalue weighted by atomic mass is 10.1. The number of benzene rings is 1. The largest absolute Gasteiger partial charge is 0.389 e. The van der Waals surface area contributed by atoms with Crippen molar-refractivity contribution < 1.29 is 4.79 Å². The summed E-state index contributed by atoms with van der Waals surface area (Å²) in [5, 5.41) is 2.98. The lowest BCUT2D eigenvalue weighted by molar-refractivity contribution is 0.0935. The Morgan fingerprint density at radius 2 is 1.71 bits per heavy atom. The molecular weight excluding hydrogens is 232 g/mol. The first-order valence-corrected chi connectivity index (χ1v) is 6.20. The minimum Gasteiger partial charge on any atom is -0.389 e. The molecule has 92 valence electrons. The van der Waals surface area contributed by atoms with Crippen molar-refractivity contribution in [1.29, 1.82) is 0 Å². The van der Waals surface area contributed by atoms with E-state index in [4.69, 9.17) is 18.0 Å². The molecule has 0 aliphatic heterocycles. The molecule has 0 heterocycles. The zero-order chi connectivity index (χ0) is 12.8. The van der Waals surface area contributed by atoms with E-state index >= 15 is 0 Å². The van der Waals surface area contributed by atoms with Crippen molar-refractivity contribution in [3.63, 3.8) is 0 Å². The standard InChI is InChI=1S/C13H18N2OS/c1-3-11(4-2)15-13(16)10-7-5-9(6-8-10)12(14)17/h5-8,11H,3-4H2,1-2H3,(H2,14,17)(H,15,16). The van der Waals surface area contributed by atoms with Crippen molar-refractivity contribution in [2.75, 3.05) is 0 Å². The van der Waals surface area contributed by atoms with Gasteiger partial charge in [0.25, 0.3) is 5.91 Å². The van der Waals surface area contributed by atoms with E-state index in [1.54, 1.807) is 24.3 Å². The summed E-state index contributed by atoms with van der Waals surface area (Å²) in [5.74, 6) is -0.0480. The molecule has 0 saturated carbocycles. The van der Waals surface area contributed by atoms with Gasteiger partial charge in [-0.3, -0.25) is 4.79 Å². The zero-order valence-corrected chi connectivity index (χ0v) is 11.0. The van der Waals surface area contributed by atoms with Gasteiger partial charge in [0, 0.05) is 17.2 Å². The Bertz CT molecular complexity index is 396. The van der Waals surface area contributed by atoms with Gasteiger partial charge in [0.1, 0.15) is 4.99 Å². The number of amides is 1. The van der Waals surface area contributed by atoms with E-state index in [-0.39, 0.29) is 11.9 Å². The van der Waals surface area contributed by atoms with Gasteiger partial charge in [-0.2, -0.15) is 0 Å². The maximum atomic E-state index is 11.9. The van der Waals surface area contributed by atoms with Crippen molar-refractivity contribution >= 4 is 23.1 Å². The quantitative estimate of drug-likeness (QED) is 0.788. The third-order valence-corrected chi connectivity index (χ3v) is 2.99. The van der Waals surface area contributed by atoms with Crippen LogP contribution in [0.25, 0.3) is 0 Å². The molecule has 1 aromatic rings. The summed E-state index contributed by atoms with van der Waals surface area (Å²) in [5.41, 5.74) is 6.91. The van der Waals surface area contributed by atoms with Gasteiger partial charge in [0.2, 0.25) is 0 Å². The summed E-state index contributed by atoms with van der Waals surface area (Å²) < 4.78 is 0. The SMILES string of the molecule is CCC(CC)NC(=O)c1ccc(C(N)=S)cc1. The maximum absolute atomic E-state index is 11.9. The highest BCUT2D eigenvalue weighted by Gasteiger charge is 2.10. The second-order valence-electron chi connectivity index (χ2n) is 3.93. The predicted molar refractivity (Wildman–Crippen MR) is 74.2 cm³/mol. The Balaban J connectivity index is 2.73. The number of nitrogens with one attached hydrogen (secondary N) is 1. The number of hydrogen-bond acceptors (Lipinski definition) is 2. The third kappa shape index (κ3) is 3.82. The van der Waals surface area contributed by atoms with E-state index in [1.807, 2.05) is 0 Å². The van der Waals surface area contributed by atoms with Gasteiger partial charge in [-0.1, -0.05) is 38.2 Å². The highest BCUT2D eigenvalue weighted by Crippen LogP contribution is 2.06. The lowest BCUT2D eigenvalue weighted by Gasteiger charge is -2.14. The smallest absolute Gasteiger partial charge is 0.251 e. The van der Waals surface area contributed by atoms with Crippen LogP contribution in [0.4, 0.5) is 0 Å². The lowest BCUT2D eigenvalue weighted by Crippen LogP contribution is -2.33.